The molecule has 1 saturated heterocycles. The van der Waals surface area contributed by atoms with Crippen LogP contribution in [0.15, 0.2) is 24.3 Å². The van der Waals surface area contributed by atoms with Crippen molar-refractivity contribution in [1.82, 2.24) is 10.2 Å². The average Bonchev–Trinajstić information content (AvgIpc) is 2.86. The third kappa shape index (κ3) is 4.72. The van der Waals surface area contributed by atoms with Gasteiger partial charge in [0.25, 0.3) is 0 Å². The van der Waals surface area contributed by atoms with Crippen molar-refractivity contribution in [2.75, 3.05) is 19.7 Å². The van der Waals surface area contributed by atoms with E-state index in [0.717, 1.165) is 38.0 Å². The second kappa shape index (κ2) is 8.40. The molecular formula is C18H30N2O. The van der Waals surface area contributed by atoms with Crippen LogP contribution >= 0.6 is 0 Å². The molecule has 1 aromatic rings. The van der Waals surface area contributed by atoms with Gasteiger partial charge in [0, 0.05) is 25.2 Å². The van der Waals surface area contributed by atoms with Gasteiger partial charge in [-0.3, -0.25) is 4.90 Å². The van der Waals surface area contributed by atoms with Gasteiger partial charge in [0.05, 0.1) is 0 Å². The summed E-state index contributed by atoms with van der Waals surface area (Å²) in [6.45, 7) is 10.5. The van der Waals surface area contributed by atoms with Gasteiger partial charge in [-0.15, -0.1) is 0 Å². The fraction of sp³-hybridized carbons (Fsp3) is 0.667. The number of ether oxygens (including phenoxy) is 1. The first-order valence-electron chi connectivity index (χ1n) is 8.42. The number of hydrogen-bond acceptors (Lipinski definition) is 3. The Morgan fingerprint density at radius 2 is 2.14 bits per heavy atom. The number of hydrogen-bond donors (Lipinski definition) is 1. The molecule has 21 heavy (non-hydrogen) atoms. The Morgan fingerprint density at radius 1 is 1.29 bits per heavy atom. The zero-order chi connectivity index (χ0) is 15.1. The van der Waals surface area contributed by atoms with Crippen molar-refractivity contribution in [3.05, 3.63) is 29.8 Å². The van der Waals surface area contributed by atoms with Gasteiger partial charge in [0.1, 0.15) is 12.4 Å². The molecule has 2 unspecified atom stereocenters. The third-order valence-corrected chi connectivity index (χ3v) is 4.52. The lowest BCUT2D eigenvalue weighted by Gasteiger charge is -2.27. The van der Waals surface area contributed by atoms with Crippen molar-refractivity contribution in [1.29, 1.82) is 0 Å². The predicted octanol–water partition coefficient (Wildman–Crippen LogP) is 3.44. The molecule has 0 aliphatic carbocycles. The Hall–Kier alpha value is -1.06. The number of nitrogens with zero attached hydrogens (tertiary/aromatic N) is 1. The van der Waals surface area contributed by atoms with Gasteiger partial charge in [0.15, 0.2) is 0 Å². The summed E-state index contributed by atoms with van der Waals surface area (Å²) in [7, 11) is 0. The van der Waals surface area contributed by atoms with E-state index in [1.807, 2.05) is 0 Å². The summed E-state index contributed by atoms with van der Waals surface area (Å²) in [5.41, 5.74) is 1.29. The van der Waals surface area contributed by atoms with E-state index in [1.165, 1.54) is 24.8 Å². The van der Waals surface area contributed by atoms with Gasteiger partial charge in [-0.05, 0) is 50.4 Å². The Kier molecular flexibility index (Phi) is 6.52. The molecule has 1 fully saturated rings. The van der Waals surface area contributed by atoms with E-state index >= 15 is 0 Å². The zero-order valence-corrected chi connectivity index (χ0v) is 13.8. The molecule has 0 aromatic heterocycles. The number of likely N-dealkylation sites (tertiary alicyclic amines) is 1. The molecule has 118 valence electrons. The molecule has 0 bridgehead atoms. The minimum absolute atomic E-state index is 0.707. The summed E-state index contributed by atoms with van der Waals surface area (Å²) in [5.74, 6) is 0.991. The highest BCUT2D eigenvalue weighted by Gasteiger charge is 2.28. The highest BCUT2D eigenvalue weighted by Crippen LogP contribution is 2.25. The van der Waals surface area contributed by atoms with Crippen molar-refractivity contribution in [3.8, 4) is 5.75 Å². The molecule has 1 aliphatic heterocycles. The van der Waals surface area contributed by atoms with E-state index in [-0.39, 0.29) is 0 Å². The highest BCUT2D eigenvalue weighted by molar-refractivity contribution is 5.28. The van der Waals surface area contributed by atoms with Crippen molar-refractivity contribution in [3.63, 3.8) is 0 Å². The molecule has 0 spiro atoms. The molecule has 2 rings (SSSR count). The average molecular weight is 290 g/mol. The summed E-state index contributed by atoms with van der Waals surface area (Å²) >= 11 is 0. The maximum absolute atomic E-state index is 5.96. The maximum Gasteiger partial charge on any atom is 0.119 e. The smallest absolute Gasteiger partial charge is 0.119 e. The Morgan fingerprint density at radius 3 is 2.90 bits per heavy atom. The van der Waals surface area contributed by atoms with E-state index in [0.29, 0.717) is 6.04 Å². The van der Waals surface area contributed by atoms with Crippen LogP contribution in [0.5, 0.6) is 5.75 Å². The number of rotatable bonds is 8. The molecule has 1 aromatic carbocycles. The lowest BCUT2D eigenvalue weighted by Crippen LogP contribution is -2.37. The van der Waals surface area contributed by atoms with Crippen LogP contribution in [0.2, 0.25) is 0 Å². The van der Waals surface area contributed by atoms with E-state index in [2.05, 4.69) is 55.3 Å². The molecule has 0 amide bonds. The zero-order valence-electron chi connectivity index (χ0n) is 13.8. The van der Waals surface area contributed by atoms with Gasteiger partial charge in [-0.2, -0.15) is 0 Å². The summed E-state index contributed by atoms with van der Waals surface area (Å²) < 4.78 is 5.96. The normalized spacial score (nSPS) is 22.6. The van der Waals surface area contributed by atoms with E-state index < -0.39 is 0 Å². The molecule has 0 radical (unpaired) electrons. The van der Waals surface area contributed by atoms with Crippen molar-refractivity contribution in [2.45, 2.75) is 58.7 Å². The first-order valence-corrected chi connectivity index (χ1v) is 8.42. The van der Waals surface area contributed by atoms with Gasteiger partial charge < -0.3 is 10.1 Å². The van der Waals surface area contributed by atoms with Gasteiger partial charge in [0.2, 0.25) is 0 Å². The first-order chi connectivity index (χ1) is 10.2. The predicted molar refractivity (Wildman–Crippen MR) is 88.8 cm³/mol. The topological polar surface area (TPSA) is 24.5 Å². The third-order valence-electron chi connectivity index (χ3n) is 4.52. The van der Waals surface area contributed by atoms with Crippen LogP contribution in [-0.4, -0.2) is 36.7 Å². The van der Waals surface area contributed by atoms with Crippen LogP contribution in [0.1, 0.15) is 45.6 Å². The molecular weight excluding hydrogens is 260 g/mol. The molecule has 3 heteroatoms. The standard InChI is InChI=1S/C18H30N2O/c1-4-17-10-9-15(3)20(17)11-12-21-18-8-6-7-16(13-18)14-19-5-2/h6-8,13,15,17,19H,4-5,9-12,14H2,1-3H3. The molecule has 1 heterocycles. The number of nitrogens with one attached hydrogen (secondary N) is 1. The molecule has 3 nitrogen and oxygen atoms in total. The lowest BCUT2D eigenvalue weighted by atomic mass is 10.1. The fourth-order valence-electron chi connectivity index (χ4n) is 3.25. The van der Waals surface area contributed by atoms with Crippen molar-refractivity contribution in [2.24, 2.45) is 0 Å². The molecule has 1 aliphatic rings. The Labute approximate surface area is 129 Å². The van der Waals surface area contributed by atoms with Crippen LogP contribution in [0.4, 0.5) is 0 Å². The monoisotopic (exact) mass is 290 g/mol. The van der Waals surface area contributed by atoms with Crippen LogP contribution in [0.25, 0.3) is 0 Å². The summed E-state index contributed by atoms with van der Waals surface area (Å²) in [5, 5.41) is 3.35. The minimum Gasteiger partial charge on any atom is -0.492 e. The van der Waals surface area contributed by atoms with Crippen LogP contribution in [-0.2, 0) is 6.54 Å². The lowest BCUT2D eigenvalue weighted by molar-refractivity contribution is 0.159. The molecule has 2 atom stereocenters. The summed E-state index contributed by atoms with van der Waals surface area (Å²) in [6.07, 6.45) is 3.93. The van der Waals surface area contributed by atoms with Crippen LogP contribution in [0, 0.1) is 0 Å². The van der Waals surface area contributed by atoms with Gasteiger partial charge in [-0.25, -0.2) is 0 Å². The fourth-order valence-corrected chi connectivity index (χ4v) is 3.25. The van der Waals surface area contributed by atoms with Crippen LogP contribution < -0.4 is 10.1 Å². The van der Waals surface area contributed by atoms with E-state index in [4.69, 9.17) is 4.74 Å². The Balaban J connectivity index is 1.80. The summed E-state index contributed by atoms with van der Waals surface area (Å²) in [6, 6.07) is 9.89. The largest absolute Gasteiger partial charge is 0.492 e. The van der Waals surface area contributed by atoms with Crippen molar-refractivity contribution < 1.29 is 4.74 Å². The second-order valence-electron chi connectivity index (χ2n) is 6.00. The molecule has 1 N–H and O–H groups in total. The number of benzene rings is 1. The SMILES string of the molecule is CCNCc1cccc(OCCN2C(C)CCC2CC)c1. The van der Waals surface area contributed by atoms with Gasteiger partial charge >= 0.3 is 0 Å². The van der Waals surface area contributed by atoms with Gasteiger partial charge in [-0.1, -0.05) is 26.0 Å². The van der Waals surface area contributed by atoms with Crippen molar-refractivity contribution >= 4 is 0 Å². The second-order valence-corrected chi connectivity index (χ2v) is 6.00. The first kappa shape index (κ1) is 16.3. The minimum atomic E-state index is 0.707. The highest BCUT2D eigenvalue weighted by atomic mass is 16.5. The van der Waals surface area contributed by atoms with Crippen LogP contribution in [0.3, 0.4) is 0 Å². The summed E-state index contributed by atoms with van der Waals surface area (Å²) in [4.78, 5) is 2.61. The Bertz CT molecular complexity index is 421. The maximum atomic E-state index is 5.96. The van der Waals surface area contributed by atoms with E-state index in [1.54, 1.807) is 0 Å². The molecule has 0 saturated carbocycles. The quantitative estimate of drug-likeness (QED) is 0.794. The van der Waals surface area contributed by atoms with E-state index in [9.17, 15) is 0 Å².